The molecule has 0 aromatic rings. The third-order valence-electron chi connectivity index (χ3n) is 2.49. The normalized spacial score (nSPS) is 22.1. The molecule has 0 radical (unpaired) electrons. The van der Waals surface area contributed by atoms with Gasteiger partial charge in [0.25, 0.3) is 0 Å². The van der Waals surface area contributed by atoms with Crippen molar-refractivity contribution in [3.05, 3.63) is 11.6 Å². The molecule has 0 spiro atoms. The van der Waals surface area contributed by atoms with E-state index in [1.165, 1.54) is 12.8 Å². The zero-order valence-electron chi connectivity index (χ0n) is 6.84. The second-order valence-electron chi connectivity index (χ2n) is 3.42. The lowest BCUT2D eigenvalue weighted by Gasteiger charge is -2.21. The van der Waals surface area contributed by atoms with Crippen LogP contribution in [0.1, 0.15) is 25.7 Å². The van der Waals surface area contributed by atoms with Gasteiger partial charge < -0.3 is 4.90 Å². The fourth-order valence-corrected chi connectivity index (χ4v) is 1.34. The molecule has 60 valence electrons. The van der Waals surface area contributed by atoms with Crippen molar-refractivity contribution in [3.8, 4) is 0 Å². The van der Waals surface area contributed by atoms with E-state index >= 15 is 0 Å². The molecule has 1 amide bonds. The largest absolute Gasteiger partial charge is 0.339 e. The molecule has 0 heterocycles. The third-order valence-corrected chi connectivity index (χ3v) is 2.49. The average Bonchev–Trinajstić information content (AvgIpc) is 2.62. The molecule has 0 unspecified atom stereocenters. The predicted molar refractivity (Wildman–Crippen MR) is 43.1 cm³/mol. The topological polar surface area (TPSA) is 20.3 Å². The van der Waals surface area contributed by atoms with Crippen molar-refractivity contribution >= 4 is 5.91 Å². The van der Waals surface area contributed by atoms with E-state index in [1.54, 1.807) is 0 Å². The first-order valence-corrected chi connectivity index (χ1v) is 4.25. The van der Waals surface area contributed by atoms with E-state index in [4.69, 9.17) is 0 Å². The number of likely N-dealkylation sites (N-methyl/N-ethyl adjacent to an activating group) is 1. The Labute approximate surface area is 66.9 Å². The van der Waals surface area contributed by atoms with Crippen molar-refractivity contribution in [2.45, 2.75) is 31.7 Å². The molecule has 2 aliphatic rings. The van der Waals surface area contributed by atoms with E-state index in [0.717, 1.165) is 18.4 Å². The van der Waals surface area contributed by atoms with Gasteiger partial charge in [-0.05, 0) is 25.7 Å². The lowest BCUT2D eigenvalue weighted by atomic mass is 9.98. The van der Waals surface area contributed by atoms with Gasteiger partial charge in [-0.3, -0.25) is 4.79 Å². The molecule has 0 atom stereocenters. The molecule has 2 heteroatoms. The second kappa shape index (κ2) is 2.36. The van der Waals surface area contributed by atoms with Gasteiger partial charge in [0.1, 0.15) is 0 Å². The Morgan fingerprint density at radius 3 is 2.64 bits per heavy atom. The Bertz CT molecular complexity index is 216. The standard InChI is InChI=1S/C9H13NO/c1-10(8-5-6-8)9(11)7-3-2-4-7/h3,8H,2,4-6H2,1H3. The summed E-state index contributed by atoms with van der Waals surface area (Å²) in [6.07, 6.45) is 6.54. The highest BCUT2D eigenvalue weighted by molar-refractivity contribution is 5.94. The predicted octanol–water partition coefficient (Wildman–Crippen LogP) is 1.33. The van der Waals surface area contributed by atoms with Gasteiger partial charge in [0.2, 0.25) is 5.91 Å². The van der Waals surface area contributed by atoms with E-state index in [9.17, 15) is 4.79 Å². The summed E-state index contributed by atoms with van der Waals surface area (Å²) in [6.45, 7) is 0. The zero-order chi connectivity index (χ0) is 7.84. The van der Waals surface area contributed by atoms with Crippen molar-refractivity contribution in [2.24, 2.45) is 0 Å². The molecule has 11 heavy (non-hydrogen) atoms. The summed E-state index contributed by atoms with van der Waals surface area (Å²) in [7, 11) is 1.92. The fourth-order valence-electron chi connectivity index (χ4n) is 1.34. The van der Waals surface area contributed by atoms with Gasteiger partial charge in [0.05, 0.1) is 0 Å². The molecule has 2 aliphatic carbocycles. The maximum absolute atomic E-state index is 11.5. The van der Waals surface area contributed by atoms with Crippen LogP contribution >= 0.6 is 0 Å². The Hall–Kier alpha value is -0.790. The van der Waals surface area contributed by atoms with E-state index in [0.29, 0.717) is 6.04 Å². The summed E-state index contributed by atoms with van der Waals surface area (Å²) >= 11 is 0. The SMILES string of the molecule is CN(C(=O)C1=CCC1)C1CC1. The van der Waals surface area contributed by atoms with Crippen LogP contribution in [0, 0.1) is 0 Å². The van der Waals surface area contributed by atoms with Crippen LogP contribution in [-0.4, -0.2) is 23.9 Å². The molecular weight excluding hydrogens is 138 g/mol. The maximum atomic E-state index is 11.5. The fraction of sp³-hybridized carbons (Fsp3) is 0.667. The smallest absolute Gasteiger partial charge is 0.249 e. The summed E-state index contributed by atoms with van der Waals surface area (Å²) in [5.74, 6) is 0.263. The van der Waals surface area contributed by atoms with Gasteiger partial charge in [0.15, 0.2) is 0 Å². The minimum Gasteiger partial charge on any atom is -0.339 e. The van der Waals surface area contributed by atoms with Crippen LogP contribution in [0.4, 0.5) is 0 Å². The van der Waals surface area contributed by atoms with Crippen molar-refractivity contribution in [3.63, 3.8) is 0 Å². The first-order valence-electron chi connectivity index (χ1n) is 4.25. The Morgan fingerprint density at radius 1 is 1.64 bits per heavy atom. The number of carbonyl (C=O) groups is 1. The molecule has 2 rings (SSSR count). The van der Waals surface area contributed by atoms with E-state index in [2.05, 4.69) is 0 Å². The second-order valence-corrected chi connectivity index (χ2v) is 3.42. The quantitative estimate of drug-likeness (QED) is 0.583. The number of hydrogen-bond acceptors (Lipinski definition) is 1. The first kappa shape index (κ1) is 6.89. The number of nitrogens with zero attached hydrogens (tertiary/aromatic N) is 1. The van der Waals surface area contributed by atoms with Gasteiger partial charge in [0, 0.05) is 18.7 Å². The van der Waals surface area contributed by atoms with Crippen LogP contribution in [0.3, 0.4) is 0 Å². The summed E-state index contributed by atoms with van der Waals surface area (Å²) in [5.41, 5.74) is 1.03. The van der Waals surface area contributed by atoms with Crippen molar-refractivity contribution < 1.29 is 4.79 Å². The highest BCUT2D eigenvalue weighted by atomic mass is 16.2. The molecule has 2 nitrogen and oxygen atoms in total. The summed E-state index contributed by atoms with van der Waals surface area (Å²) in [5, 5.41) is 0. The van der Waals surface area contributed by atoms with Crippen molar-refractivity contribution in [2.75, 3.05) is 7.05 Å². The van der Waals surface area contributed by atoms with Crippen LogP contribution in [-0.2, 0) is 4.79 Å². The summed E-state index contributed by atoms with van der Waals surface area (Å²) in [6, 6.07) is 0.559. The van der Waals surface area contributed by atoms with Crippen molar-refractivity contribution in [1.29, 1.82) is 0 Å². The highest BCUT2D eigenvalue weighted by Crippen LogP contribution is 2.29. The molecule has 0 saturated heterocycles. The van der Waals surface area contributed by atoms with Crippen LogP contribution in [0.5, 0.6) is 0 Å². The lowest BCUT2D eigenvalue weighted by Crippen LogP contribution is -2.31. The van der Waals surface area contributed by atoms with E-state index in [-0.39, 0.29) is 5.91 Å². The van der Waals surface area contributed by atoms with Gasteiger partial charge in [-0.1, -0.05) is 6.08 Å². The lowest BCUT2D eigenvalue weighted by molar-refractivity contribution is -0.126. The van der Waals surface area contributed by atoms with Crippen LogP contribution in [0.15, 0.2) is 11.6 Å². The zero-order valence-corrected chi connectivity index (χ0v) is 6.84. The molecular formula is C9H13NO. The molecule has 0 aromatic carbocycles. The first-order chi connectivity index (χ1) is 5.29. The van der Waals surface area contributed by atoms with Gasteiger partial charge in [-0.15, -0.1) is 0 Å². The number of hydrogen-bond donors (Lipinski definition) is 0. The van der Waals surface area contributed by atoms with Gasteiger partial charge >= 0.3 is 0 Å². The number of allylic oxidation sites excluding steroid dienone is 1. The Balaban J connectivity index is 1.97. The molecule has 1 saturated carbocycles. The van der Waals surface area contributed by atoms with Crippen LogP contribution in [0.25, 0.3) is 0 Å². The van der Waals surface area contributed by atoms with Gasteiger partial charge in [-0.25, -0.2) is 0 Å². The molecule has 0 aliphatic heterocycles. The van der Waals surface area contributed by atoms with E-state index in [1.807, 2.05) is 18.0 Å². The van der Waals surface area contributed by atoms with Crippen LogP contribution < -0.4 is 0 Å². The minimum atomic E-state index is 0.263. The Kier molecular flexibility index (Phi) is 1.48. The maximum Gasteiger partial charge on any atom is 0.249 e. The number of amides is 1. The third kappa shape index (κ3) is 1.17. The molecule has 0 N–H and O–H groups in total. The molecule has 0 bridgehead atoms. The highest BCUT2D eigenvalue weighted by Gasteiger charge is 2.31. The Morgan fingerprint density at radius 2 is 2.27 bits per heavy atom. The minimum absolute atomic E-state index is 0.263. The number of rotatable bonds is 2. The molecule has 0 aromatic heterocycles. The van der Waals surface area contributed by atoms with E-state index < -0.39 is 0 Å². The average molecular weight is 151 g/mol. The number of carbonyl (C=O) groups excluding carboxylic acids is 1. The van der Waals surface area contributed by atoms with Gasteiger partial charge in [-0.2, -0.15) is 0 Å². The summed E-state index contributed by atoms with van der Waals surface area (Å²) < 4.78 is 0. The van der Waals surface area contributed by atoms with Crippen LogP contribution in [0.2, 0.25) is 0 Å². The van der Waals surface area contributed by atoms with Crippen molar-refractivity contribution in [1.82, 2.24) is 4.90 Å². The molecule has 1 fully saturated rings. The monoisotopic (exact) mass is 151 g/mol. The summed E-state index contributed by atoms with van der Waals surface area (Å²) in [4.78, 5) is 13.4.